The summed E-state index contributed by atoms with van der Waals surface area (Å²) in [6.07, 6.45) is 9.69. The van der Waals surface area contributed by atoms with Gasteiger partial charge in [0.05, 0.1) is 0 Å². The van der Waals surface area contributed by atoms with Gasteiger partial charge >= 0.3 is 0 Å². The fraction of sp³-hybridized carbons (Fsp3) is 0.625. The molecule has 1 unspecified atom stereocenters. The zero-order chi connectivity index (χ0) is 6.53. The molecular weight excluding hydrogens is 112 g/mol. The Kier molecular flexibility index (Phi) is 2.49. The number of rotatable bonds is 3. The molecule has 0 aromatic carbocycles. The largest absolute Gasteiger partial charge is 0.303 e. The highest BCUT2D eigenvalue weighted by atomic mass is 16.1. The first kappa shape index (κ1) is 6.53. The fourth-order valence-electron chi connectivity index (χ4n) is 1.22. The minimum absolute atomic E-state index is 0.704. The highest BCUT2D eigenvalue weighted by molar-refractivity contribution is 5.49. The van der Waals surface area contributed by atoms with Gasteiger partial charge in [-0.1, -0.05) is 12.2 Å². The lowest BCUT2D eigenvalue weighted by Crippen LogP contribution is -1.90. The standard InChI is InChI=1S/C8H12O/c9-7-3-6-8-4-1-2-5-8/h1,4,7-8H,2-3,5-6H2. The number of hydrogen-bond acceptors (Lipinski definition) is 1. The molecule has 1 nitrogen and oxygen atoms in total. The summed E-state index contributed by atoms with van der Waals surface area (Å²) in [5, 5.41) is 0. The third-order valence-electron chi connectivity index (χ3n) is 1.77. The van der Waals surface area contributed by atoms with Crippen LogP contribution in [0.4, 0.5) is 0 Å². The first-order valence-electron chi connectivity index (χ1n) is 3.54. The van der Waals surface area contributed by atoms with Crippen molar-refractivity contribution in [2.75, 3.05) is 0 Å². The Bertz CT molecular complexity index is 116. The predicted octanol–water partition coefficient (Wildman–Crippen LogP) is 1.93. The second-order valence-corrected chi connectivity index (χ2v) is 2.51. The van der Waals surface area contributed by atoms with Gasteiger partial charge < -0.3 is 4.79 Å². The number of allylic oxidation sites excluding steroid dienone is 2. The lowest BCUT2D eigenvalue weighted by atomic mass is 10.0. The van der Waals surface area contributed by atoms with E-state index in [1.165, 1.54) is 12.8 Å². The van der Waals surface area contributed by atoms with Crippen molar-refractivity contribution in [3.05, 3.63) is 12.2 Å². The highest BCUT2D eigenvalue weighted by Crippen LogP contribution is 2.20. The first-order chi connectivity index (χ1) is 4.43. The molecule has 0 fully saturated rings. The molecule has 0 aliphatic heterocycles. The van der Waals surface area contributed by atoms with E-state index in [4.69, 9.17) is 0 Å². The topological polar surface area (TPSA) is 17.1 Å². The molecule has 1 heteroatoms. The Morgan fingerprint density at radius 2 is 2.56 bits per heavy atom. The van der Waals surface area contributed by atoms with E-state index in [0.29, 0.717) is 5.92 Å². The van der Waals surface area contributed by atoms with Crippen LogP contribution in [0.1, 0.15) is 25.7 Å². The van der Waals surface area contributed by atoms with Crippen molar-refractivity contribution in [3.8, 4) is 0 Å². The molecule has 0 N–H and O–H groups in total. The molecule has 0 amide bonds. The lowest BCUT2D eigenvalue weighted by molar-refractivity contribution is -0.108. The average molecular weight is 124 g/mol. The Labute approximate surface area is 55.8 Å². The van der Waals surface area contributed by atoms with Gasteiger partial charge in [0.25, 0.3) is 0 Å². The van der Waals surface area contributed by atoms with E-state index in [1.54, 1.807) is 0 Å². The zero-order valence-corrected chi connectivity index (χ0v) is 5.55. The summed E-state index contributed by atoms with van der Waals surface area (Å²) in [7, 11) is 0. The van der Waals surface area contributed by atoms with Gasteiger partial charge in [-0.05, 0) is 25.2 Å². The molecule has 9 heavy (non-hydrogen) atoms. The normalized spacial score (nSPS) is 24.7. The van der Waals surface area contributed by atoms with Crippen LogP contribution in [-0.2, 0) is 4.79 Å². The van der Waals surface area contributed by atoms with Crippen LogP contribution in [0.3, 0.4) is 0 Å². The van der Waals surface area contributed by atoms with Gasteiger partial charge in [0.2, 0.25) is 0 Å². The average Bonchev–Trinajstić information content (AvgIpc) is 2.34. The van der Waals surface area contributed by atoms with Crippen molar-refractivity contribution in [2.45, 2.75) is 25.7 Å². The van der Waals surface area contributed by atoms with Crippen molar-refractivity contribution < 1.29 is 4.79 Å². The molecule has 0 saturated heterocycles. The van der Waals surface area contributed by atoms with Crippen molar-refractivity contribution in [1.82, 2.24) is 0 Å². The van der Waals surface area contributed by atoms with Crippen LogP contribution in [0.5, 0.6) is 0 Å². The minimum atomic E-state index is 0.704. The molecule has 0 bridgehead atoms. The quantitative estimate of drug-likeness (QED) is 0.415. The van der Waals surface area contributed by atoms with Gasteiger partial charge in [0.1, 0.15) is 6.29 Å². The maximum absolute atomic E-state index is 9.94. The number of carbonyl (C=O) groups excluding carboxylic acids is 1. The Balaban J connectivity index is 2.12. The van der Waals surface area contributed by atoms with Crippen LogP contribution < -0.4 is 0 Å². The Morgan fingerprint density at radius 1 is 1.67 bits per heavy atom. The van der Waals surface area contributed by atoms with Gasteiger partial charge in [0.15, 0.2) is 0 Å². The molecule has 0 saturated carbocycles. The Hall–Kier alpha value is -0.590. The van der Waals surface area contributed by atoms with E-state index in [0.717, 1.165) is 19.1 Å². The van der Waals surface area contributed by atoms with Crippen molar-refractivity contribution >= 4 is 6.29 Å². The van der Waals surface area contributed by atoms with Crippen molar-refractivity contribution in [1.29, 1.82) is 0 Å². The summed E-state index contributed by atoms with van der Waals surface area (Å²) in [6.45, 7) is 0. The number of hydrogen-bond donors (Lipinski definition) is 0. The molecule has 0 spiro atoms. The lowest BCUT2D eigenvalue weighted by Gasteiger charge is -2.01. The van der Waals surface area contributed by atoms with Gasteiger partial charge in [-0.3, -0.25) is 0 Å². The maximum Gasteiger partial charge on any atom is 0.120 e. The van der Waals surface area contributed by atoms with Crippen LogP contribution in [0.25, 0.3) is 0 Å². The molecule has 50 valence electrons. The summed E-state index contributed by atoms with van der Waals surface area (Å²) in [5.74, 6) is 0.704. The van der Waals surface area contributed by atoms with Crippen LogP contribution in [0.15, 0.2) is 12.2 Å². The maximum atomic E-state index is 9.94. The van der Waals surface area contributed by atoms with E-state index in [9.17, 15) is 4.79 Å². The van der Waals surface area contributed by atoms with E-state index in [1.807, 2.05) is 0 Å². The van der Waals surface area contributed by atoms with E-state index >= 15 is 0 Å². The van der Waals surface area contributed by atoms with Crippen LogP contribution in [0, 0.1) is 5.92 Å². The summed E-state index contributed by atoms with van der Waals surface area (Å²) in [4.78, 5) is 9.94. The molecule has 0 aromatic heterocycles. The smallest absolute Gasteiger partial charge is 0.120 e. The van der Waals surface area contributed by atoms with Crippen LogP contribution >= 0.6 is 0 Å². The number of aldehydes is 1. The van der Waals surface area contributed by atoms with Gasteiger partial charge in [0, 0.05) is 6.42 Å². The first-order valence-corrected chi connectivity index (χ1v) is 3.54. The molecular formula is C8H12O. The second-order valence-electron chi connectivity index (χ2n) is 2.51. The summed E-state index contributed by atoms with van der Waals surface area (Å²) >= 11 is 0. The van der Waals surface area contributed by atoms with E-state index < -0.39 is 0 Å². The minimum Gasteiger partial charge on any atom is -0.303 e. The number of carbonyl (C=O) groups is 1. The van der Waals surface area contributed by atoms with Crippen molar-refractivity contribution in [2.24, 2.45) is 5.92 Å². The molecule has 1 aliphatic carbocycles. The molecule has 1 aliphatic rings. The predicted molar refractivity (Wildman–Crippen MR) is 37.2 cm³/mol. The molecule has 1 atom stereocenters. The molecule has 0 aromatic rings. The highest BCUT2D eigenvalue weighted by Gasteiger charge is 2.06. The molecule has 0 heterocycles. The monoisotopic (exact) mass is 124 g/mol. The Morgan fingerprint density at radius 3 is 3.11 bits per heavy atom. The molecule has 0 radical (unpaired) electrons. The van der Waals surface area contributed by atoms with Crippen molar-refractivity contribution in [3.63, 3.8) is 0 Å². The zero-order valence-electron chi connectivity index (χ0n) is 5.55. The third-order valence-corrected chi connectivity index (χ3v) is 1.77. The molecule has 1 rings (SSSR count). The van der Waals surface area contributed by atoms with Crippen LogP contribution in [-0.4, -0.2) is 6.29 Å². The van der Waals surface area contributed by atoms with Crippen LogP contribution in [0.2, 0.25) is 0 Å². The fourth-order valence-corrected chi connectivity index (χ4v) is 1.22. The summed E-state index contributed by atoms with van der Waals surface area (Å²) in [6, 6.07) is 0. The van der Waals surface area contributed by atoms with E-state index in [2.05, 4.69) is 12.2 Å². The van der Waals surface area contributed by atoms with Gasteiger partial charge in [-0.25, -0.2) is 0 Å². The summed E-state index contributed by atoms with van der Waals surface area (Å²) < 4.78 is 0. The van der Waals surface area contributed by atoms with Gasteiger partial charge in [-0.2, -0.15) is 0 Å². The third kappa shape index (κ3) is 2.00. The van der Waals surface area contributed by atoms with E-state index in [-0.39, 0.29) is 0 Å². The van der Waals surface area contributed by atoms with Gasteiger partial charge in [-0.15, -0.1) is 0 Å². The second kappa shape index (κ2) is 3.44. The summed E-state index contributed by atoms with van der Waals surface area (Å²) in [5.41, 5.74) is 0. The SMILES string of the molecule is O=CCCC1C=CCC1.